The first kappa shape index (κ1) is 18.2. The van der Waals surface area contributed by atoms with E-state index in [-0.39, 0.29) is 0 Å². The highest BCUT2D eigenvalue weighted by molar-refractivity contribution is 5.25. The Balaban J connectivity index is 2.67. The molecular formula is C19H33NO. The minimum Gasteiger partial charge on any atom is -0.377 e. The zero-order chi connectivity index (χ0) is 15.7. The highest BCUT2D eigenvalue weighted by Crippen LogP contribution is 2.17. The molecule has 0 saturated carbocycles. The van der Waals surface area contributed by atoms with Gasteiger partial charge in [-0.2, -0.15) is 0 Å². The summed E-state index contributed by atoms with van der Waals surface area (Å²) in [5.41, 5.74) is 2.75. The highest BCUT2D eigenvalue weighted by atomic mass is 16.5. The first-order valence-corrected chi connectivity index (χ1v) is 8.50. The van der Waals surface area contributed by atoms with E-state index >= 15 is 0 Å². The largest absolute Gasteiger partial charge is 0.377 e. The summed E-state index contributed by atoms with van der Waals surface area (Å²) in [6.07, 6.45) is 3.69. The fraction of sp³-hybridized carbons (Fsp3) is 0.684. The van der Waals surface area contributed by atoms with Crippen LogP contribution in [0.1, 0.15) is 64.6 Å². The Morgan fingerprint density at radius 3 is 2.24 bits per heavy atom. The van der Waals surface area contributed by atoms with Gasteiger partial charge >= 0.3 is 0 Å². The SMILES string of the molecule is CCCNC(COC(C)CC)c1ccc(CC(C)C)cc1. The molecule has 0 aliphatic heterocycles. The quantitative estimate of drug-likeness (QED) is 0.672. The van der Waals surface area contributed by atoms with Crippen LogP contribution in [0.2, 0.25) is 0 Å². The predicted molar refractivity (Wildman–Crippen MR) is 91.7 cm³/mol. The fourth-order valence-corrected chi connectivity index (χ4v) is 2.33. The average molecular weight is 291 g/mol. The molecule has 2 heteroatoms. The summed E-state index contributed by atoms with van der Waals surface area (Å²) in [5.74, 6) is 0.707. The molecule has 0 heterocycles. The van der Waals surface area contributed by atoms with Crippen LogP contribution in [0, 0.1) is 5.92 Å². The van der Waals surface area contributed by atoms with Gasteiger partial charge in [-0.1, -0.05) is 52.0 Å². The van der Waals surface area contributed by atoms with E-state index in [9.17, 15) is 0 Å². The summed E-state index contributed by atoms with van der Waals surface area (Å²) in [6, 6.07) is 9.33. The van der Waals surface area contributed by atoms with E-state index in [0.717, 1.165) is 32.4 Å². The van der Waals surface area contributed by atoms with Gasteiger partial charge in [0.05, 0.1) is 18.8 Å². The lowest BCUT2D eigenvalue weighted by atomic mass is 9.99. The molecule has 120 valence electrons. The third kappa shape index (κ3) is 7.10. The van der Waals surface area contributed by atoms with E-state index < -0.39 is 0 Å². The number of rotatable bonds is 10. The van der Waals surface area contributed by atoms with Gasteiger partial charge in [0.25, 0.3) is 0 Å². The molecule has 0 radical (unpaired) electrons. The summed E-state index contributed by atoms with van der Waals surface area (Å²) in [6.45, 7) is 12.8. The maximum atomic E-state index is 5.94. The summed E-state index contributed by atoms with van der Waals surface area (Å²) in [7, 11) is 0. The second-order valence-corrected chi connectivity index (χ2v) is 6.40. The summed E-state index contributed by atoms with van der Waals surface area (Å²) >= 11 is 0. The second kappa shape index (κ2) is 9.97. The highest BCUT2D eigenvalue weighted by Gasteiger charge is 2.12. The summed E-state index contributed by atoms with van der Waals surface area (Å²) in [4.78, 5) is 0. The van der Waals surface area contributed by atoms with Crippen LogP contribution in [-0.2, 0) is 11.2 Å². The van der Waals surface area contributed by atoms with Crippen molar-refractivity contribution in [3.8, 4) is 0 Å². The predicted octanol–water partition coefficient (Wildman–Crippen LogP) is 4.74. The van der Waals surface area contributed by atoms with Crippen molar-refractivity contribution in [2.45, 2.75) is 66.0 Å². The van der Waals surface area contributed by atoms with Crippen LogP contribution in [0.4, 0.5) is 0 Å². The van der Waals surface area contributed by atoms with Gasteiger partial charge in [0.15, 0.2) is 0 Å². The van der Waals surface area contributed by atoms with Gasteiger partial charge in [0.1, 0.15) is 0 Å². The molecule has 0 aliphatic carbocycles. The molecular weight excluding hydrogens is 258 g/mol. The van der Waals surface area contributed by atoms with Gasteiger partial charge in [0, 0.05) is 0 Å². The molecule has 1 aromatic carbocycles. The number of hydrogen-bond acceptors (Lipinski definition) is 2. The molecule has 0 amide bonds. The third-order valence-electron chi connectivity index (χ3n) is 3.79. The van der Waals surface area contributed by atoms with Crippen LogP contribution >= 0.6 is 0 Å². The first-order chi connectivity index (χ1) is 10.1. The van der Waals surface area contributed by atoms with Crippen molar-refractivity contribution < 1.29 is 4.74 Å². The molecule has 1 aromatic rings. The van der Waals surface area contributed by atoms with Crippen LogP contribution in [0.25, 0.3) is 0 Å². The Morgan fingerprint density at radius 2 is 1.71 bits per heavy atom. The lowest BCUT2D eigenvalue weighted by molar-refractivity contribution is 0.0474. The second-order valence-electron chi connectivity index (χ2n) is 6.40. The zero-order valence-electron chi connectivity index (χ0n) is 14.5. The first-order valence-electron chi connectivity index (χ1n) is 8.50. The average Bonchev–Trinajstić information content (AvgIpc) is 2.47. The normalized spacial score (nSPS) is 14.4. The molecule has 1 rings (SSSR count). The minimum absolute atomic E-state index is 0.298. The van der Waals surface area contributed by atoms with E-state index in [4.69, 9.17) is 4.74 Å². The lowest BCUT2D eigenvalue weighted by Crippen LogP contribution is -2.27. The Morgan fingerprint density at radius 1 is 1.05 bits per heavy atom. The monoisotopic (exact) mass is 291 g/mol. The van der Waals surface area contributed by atoms with Crippen molar-refractivity contribution in [2.24, 2.45) is 5.92 Å². The molecule has 0 spiro atoms. The molecule has 21 heavy (non-hydrogen) atoms. The van der Waals surface area contributed by atoms with Gasteiger partial charge in [-0.15, -0.1) is 0 Å². The number of hydrogen-bond donors (Lipinski definition) is 1. The molecule has 0 saturated heterocycles. The van der Waals surface area contributed by atoms with Crippen LogP contribution < -0.4 is 5.32 Å². The molecule has 0 fully saturated rings. The smallest absolute Gasteiger partial charge is 0.0665 e. The maximum Gasteiger partial charge on any atom is 0.0665 e. The number of ether oxygens (including phenoxy) is 1. The van der Waals surface area contributed by atoms with Crippen molar-refractivity contribution in [3.63, 3.8) is 0 Å². The Kier molecular flexibility index (Phi) is 8.63. The van der Waals surface area contributed by atoms with Crippen LogP contribution in [-0.4, -0.2) is 19.3 Å². The Bertz CT molecular complexity index is 372. The van der Waals surface area contributed by atoms with Crippen LogP contribution in [0.15, 0.2) is 24.3 Å². The van der Waals surface area contributed by atoms with Gasteiger partial charge in [-0.05, 0) is 49.8 Å². The van der Waals surface area contributed by atoms with Crippen molar-refractivity contribution in [3.05, 3.63) is 35.4 Å². The Hall–Kier alpha value is -0.860. The number of benzene rings is 1. The standard InChI is InChI=1S/C19H33NO/c1-6-12-20-19(14-21-16(5)7-2)18-10-8-17(9-11-18)13-15(3)4/h8-11,15-16,19-20H,6-7,12-14H2,1-5H3. The molecule has 2 atom stereocenters. The third-order valence-corrected chi connectivity index (χ3v) is 3.79. The molecule has 1 N–H and O–H groups in total. The lowest BCUT2D eigenvalue weighted by Gasteiger charge is -2.21. The van der Waals surface area contributed by atoms with Gasteiger partial charge in [-0.25, -0.2) is 0 Å². The van der Waals surface area contributed by atoms with Gasteiger partial charge < -0.3 is 10.1 Å². The molecule has 2 unspecified atom stereocenters. The number of nitrogens with one attached hydrogen (secondary N) is 1. The van der Waals surface area contributed by atoms with Crippen LogP contribution in [0.3, 0.4) is 0 Å². The molecule has 0 bridgehead atoms. The Labute approximate surface area is 131 Å². The van der Waals surface area contributed by atoms with Crippen LogP contribution in [0.5, 0.6) is 0 Å². The molecule has 0 aromatic heterocycles. The zero-order valence-corrected chi connectivity index (χ0v) is 14.5. The maximum absolute atomic E-state index is 5.94. The van der Waals surface area contributed by atoms with Crippen molar-refractivity contribution in [1.82, 2.24) is 5.32 Å². The van der Waals surface area contributed by atoms with Crippen molar-refractivity contribution >= 4 is 0 Å². The van der Waals surface area contributed by atoms with E-state index in [1.165, 1.54) is 11.1 Å². The fourth-order valence-electron chi connectivity index (χ4n) is 2.33. The van der Waals surface area contributed by atoms with Crippen molar-refractivity contribution in [2.75, 3.05) is 13.2 Å². The van der Waals surface area contributed by atoms with E-state index in [1.54, 1.807) is 0 Å². The summed E-state index contributed by atoms with van der Waals surface area (Å²) in [5, 5.41) is 3.60. The molecule has 0 aliphatic rings. The summed E-state index contributed by atoms with van der Waals surface area (Å²) < 4.78 is 5.94. The van der Waals surface area contributed by atoms with Gasteiger partial charge in [-0.3, -0.25) is 0 Å². The van der Waals surface area contributed by atoms with E-state index in [2.05, 4.69) is 64.2 Å². The van der Waals surface area contributed by atoms with Gasteiger partial charge in [0.2, 0.25) is 0 Å². The minimum atomic E-state index is 0.298. The topological polar surface area (TPSA) is 21.3 Å². The van der Waals surface area contributed by atoms with Crippen molar-refractivity contribution in [1.29, 1.82) is 0 Å². The molecule has 2 nitrogen and oxygen atoms in total. The van der Waals surface area contributed by atoms with E-state index in [0.29, 0.717) is 18.1 Å². The van der Waals surface area contributed by atoms with E-state index in [1.807, 2.05) is 0 Å².